The molecule has 0 fully saturated rings. The van der Waals surface area contributed by atoms with Crippen molar-refractivity contribution in [2.75, 3.05) is 6.54 Å². The molecule has 0 saturated carbocycles. The lowest BCUT2D eigenvalue weighted by atomic mass is 9.98. The van der Waals surface area contributed by atoms with Crippen molar-refractivity contribution in [1.82, 2.24) is 4.72 Å². The number of carbonyl (C=O) groups is 1. The Bertz CT molecular complexity index is 541. The molecule has 0 amide bonds. The van der Waals surface area contributed by atoms with E-state index in [9.17, 15) is 13.2 Å². The summed E-state index contributed by atoms with van der Waals surface area (Å²) in [4.78, 5) is 10.7. The lowest BCUT2D eigenvalue weighted by Crippen LogP contribution is -2.33. The smallest absolute Gasteiger partial charge is 0.335 e. The minimum Gasteiger partial charge on any atom is -0.478 e. The maximum Gasteiger partial charge on any atom is 0.335 e. The zero-order valence-electron chi connectivity index (χ0n) is 11.3. The molecule has 0 heterocycles. The fourth-order valence-corrected chi connectivity index (χ4v) is 2.73. The molecule has 6 heteroatoms. The molecule has 2 N–H and O–H groups in total. The molecule has 0 unspecified atom stereocenters. The number of carboxylic acids is 1. The minimum atomic E-state index is -3.40. The largest absolute Gasteiger partial charge is 0.478 e. The van der Waals surface area contributed by atoms with Crippen LogP contribution in [0.2, 0.25) is 0 Å². The number of benzene rings is 1. The lowest BCUT2D eigenvalue weighted by molar-refractivity contribution is 0.0697. The van der Waals surface area contributed by atoms with Gasteiger partial charge < -0.3 is 5.11 Å². The van der Waals surface area contributed by atoms with Crippen LogP contribution in [0.3, 0.4) is 0 Å². The molecule has 0 aliphatic heterocycles. The van der Waals surface area contributed by atoms with Gasteiger partial charge in [-0.05, 0) is 23.1 Å². The number of sulfonamides is 1. The quantitative estimate of drug-likeness (QED) is 0.864. The van der Waals surface area contributed by atoms with Crippen molar-refractivity contribution in [2.45, 2.75) is 26.5 Å². The van der Waals surface area contributed by atoms with Gasteiger partial charge in [0.1, 0.15) is 0 Å². The Morgan fingerprint density at radius 2 is 1.74 bits per heavy atom. The van der Waals surface area contributed by atoms with Crippen molar-refractivity contribution < 1.29 is 18.3 Å². The van der Waals surface area contributed by atoms with Gasteiger partial charge in [-0.15, -0.1) is 0 Å². The number of rotatable bonds is 5. The van der Waals surface area contributed by atoms with Crippen LogP contribution in [0.4, 0.5) is 0 Å². The van der Waals surface area contributed by atoms with Gasteiger partial charge in [-0.3, -0.25) is 0 Å². The SMILES string of the molecule is CC(C)(C)CNS(=O)(=O)Cc1ccc(C(=O)O)cc1. The van der Waals surface area contributed by atoms with Gasteiger partial charge in [0.15, 0.2) is 0 Å². The fourth-order valence-electron chi connectivity index (χ4n) is 1.34. The van der Waals surface area contributed by atoms with E-state index in [1.165, 1.54) is 24.3 Å². The first-order chi connectivity index (χ1) is 8.59. The summed E-state index contributed by atoms with van der Waals surface area (Å²) in [6, 6.07) is 5.83. The first-order valence-electron chi connectivity index (χ1n) is 5.89. The Balaban J connectivity index is 2.70. The van der Waals surface area contributed by atoms with Crippen LogP contribution in [-0.2, 0) is 15.8 Å². The Kier molecular flexibility index (Phi) is 4.70. The lowest BCUT2D eigenvalue weighted by Gasteiger charge is -2.18. The molecule has 0 aliphatic rings. The van der Waals surface area contributed by atoms with Crippen molar-refractivity contribution in [3.05, 3.63) is 35.4 Å². The van der Waals surface area contributed by atoms with E-state index in [0.717, 1.165) is 0 Å². The van der Waals surface area contributed by atoms with Crippen LogP contribution in [0.25, 0.3) is 0 Å². The molecule has 0 aromatic heterocycles. The van der Waals surface area contributed by atoms with Crippen molar-refractivity contribution in [3.63, 3.8) is 0 Å². The van der Waals surface area contributed by atoms with E-state index in [2.05, 4.69) is 4.72 Å². The van der Waals surface area contributed by atoms with Crippen LogP contribution >= 0.6 is 0 Å². The van der Waals surface area contributed by atoms with Crippen LogP contribution < -0.4 is 4.72 Å². The second-order valence-corrected chi connectivity index (χ2v) is 7.45. The number of hydrogen-bond donors (Lipinski definition) is 2. The highest BCUT2D eigenvalue weighted by Crippen LogP contribution is 2.13. The zero-order valence-corrected chi connectivity index (χ0v) is 12.1. The molecular weight excluding hydrogens is 266 g/mol. The first-order valence-corrected chi connectivity index (χ1v) is 7.54. The molecule has 1 aromatic rings. The van der Waals surface area contributed by atoms with Gasteiger partial charge in [-0.2, -0.15) is 0 Å². The fraction of sp³-hybridized carbons (Fsp3) is 0.462. The Labute approximate surface area is 113 Å². The van der Waals surface area contributed by atoms with Crippen LogP contribution in [-0.4, -0.2) is 26.0 Å². The van der Waals surface area contributed by atoms with Crippen molar-refractivity contribution in [2.24, 2.45) is 5.41 Å². The van der Waals surface area contributed by atoms with E-state index >= 15 is 0 Å². The molecule has 19 heavy (non-hydrogen) atoms. The summed E-state index contributed by atoms with van der Waals surface area (Å²) in [5.74, 6) is -1.18. The highest BCUT2D eigenvalue weighted by molar-refractivity contribution is 7.88. The standard InChI is InChI=1S/C13H19NO4S/c1-13(2,3)9-14-19(17,18)8-10-4-6-11(7-5-10)12(15)16/h4-7,14H,8-9H2,1-3H3,(H,15,16). The molecule has 0 saturated heterocycles. The number of nitrogens with one attached hydrogen (secondary N) is 1. The second-order valence-electron chi connectivity index (χ2n) is 5.64. The van der Waals surface area contributed by atoms with Crippen molar-refractivity contribution in [3.8, 4) is 0 Å². The van der Waals surface area contributed by atoms with Crippen LogP contribution in [0.5, 0.6) is 0 Å². The number of aromatic carboxylic acids is 1. The van der Waals surface area contributed by atoms with Crippen LogP contribution in [0.15, 0.2) is 24.3 Å². The first kappa shape index (κ1) is 15.7. The maximum atomic E-state index is 11.8. The summed E-state index contributed by atoms with van der Waals surface area (Å²) in [7, 11) is -3.40. The second kappa shape index (κ2) is 5.71. The maximum absolute atomic E-state index is 11.8. The van der Waals surface area contributed by atoms with Crippen LogP contribution in [0.1, 0.15) is 36.7 Å². The Hall–Kier alpha value is -1.40. The summed E-state index contributed by atoms with van der Waals surface area (Å²) in [5, 5.41) is 8.75. The average molecular weight is 285 g/mol. The Morgan fingerprint density at radius 3 is 2.16 bits per heavy atom. The van der Waals surface area contributed by atoms with Gasteiger partial charge in [0.25, 0.3) is 0 Å². The molecule has 106 valence electrons. The van der Waals surface area contributed by atoms with Crippen molar-refractivity contribution in [1.29, 1.82) is 0 Å². The van der Waals surface area contributed by atoms with Crippen molar-refractivity contribution >= 4 is 16.0 Å². The van der Waals surface area contributed by atoms with E-state index in [1.807, 2.05) is 20.8 Å². The van der Waals surface area contributed by atoms with Gasteiger partial charge in [0.05, 0.1) is 11.3 Å². The third kappa shape index (κ3) is 5.85. The number of hydrogen-bond acceptors (Lipinski definition) is 3. The number of carboxylic acid groups (broad SMARTS) is 1. The van der Waals surface area contributed by atoms with Gasteiger partial charge in [-0.1, -0.05) is 32.9 Å². The van der Waals surface area contributed by atoms with E-state index < -0.39 is 16.0 Å². The van der Waals surface area contributed by atoms with E-state index in [-0.39, 0.29) is 16.7 Å². The van der Waals surface area contributed by atoms with E-state index in [0.29, 0.717) is 12.1 Å². The summed E-state index contributed by atoms with van der Waals surface area (Å²) in [6.07, 6.45) is 0. The molecule has 0 radical (unpaired) electrons. The third-order valence-corrected chi connectivity index (χ3v) is 3.68. The molecule has 0 bridgehead atoms. The predicted octanol–water partition coefficient (Wildman–Crippen LogP) is 1.85. The minimum absolute atomic E-state index is 0.125. The van der Waals surface area contributed by atoms with Gasteiger partial charge in [0, 0.05) is 6.54 Å². The molecule has 0 atom stereocenters. The monoisotopic (exact) mass is 285 g/mol. The molecule has 1 aromatic carbocycles. The Morgan fingerprint density at radius 1 is 1.21 bits per heavy atom. The summed E-state index contributed by atoms with van der Waals surface area (Å²) in [5.41, 5.74) is 0.579. The zero-order chi connectivity index (χ0) is 14.7. The molecule has 0 spiro atoms. The molecule has 5 nitrogen and oxygen atoms in total. The van der Waals surface area contributed by atoms with E-state index in [4.69, 9.17) is 5.11 Å². The highest BCUT2D eigenvalue weighted by Gasteiger charge is 2.17. The third-order valence-electron chi connectivity index (χ3n) is 2.38. The topological polar surface area (TPSA) is 83.5 Å². The molecular formula is C13H19NO4S. The summed E-state index contributed by atoms with van der Waals surface area (Å²) >= 11 is 0. The summed E-state index contributed by atoms with van der Waals surface area (Å²) < 4.78 is 26.2. The normalized spacial score (nSPS) is 12.4. The average Bonchev–Trinajstić information content (AvgIpc) is 2.26. The van der Waals surface area contributed by atoms with E-state index in [1.54, 1.807) is 0 Å². The summed E-state index contributed by atoms with van der Waals surface area (Å²) in [6.45, 7) is 6.19. The van der Waals surface area contributed by atoms with Crippen LogP contribution in [0, 0.1) is 5.41 Å². The van der Waals surface area contributed by atoms with Gasteiger partial charge in [-0.25, -0.2) is 17.9 Å². The van der Waals surface area contributed by atoms with Gasteiger partial charge >= 0.3 is 5.97 Å². The predicted molar refractivity (Wildman–Crippen MR) is 73.5 cm³/mol. The van der Waals surface area contributed by atoms with Gasteiger partial charge in [0.2, 0.25) is 10.0 Å². The molecule has 0 aliphatic carbocycles. The highest BCUT2D eigenvalue weighted by atomic mass is 32.2. The molecule has 1 rings (SSSR count).